The van der Waals surface area contributed by atoms with Crippen LogP contribution in [0.3, 0.4) is 0 Å². The second-order valence-electron chi connectivity index (χ2n) is 6.10. The highest BCUT2D eigenvalue weighted by molar-refractivity contribution is 5.94. The third-order valence-electron chi connectivity index (χ3n) is 4.54. The van der Waals surface area contributed by atoms with Gasteiger partial charge in [0.15, 0.2) is 17.3 Å². The summed E-state index contributed by atoms with van der Waals surface area (Å²) in [6.07, 6.45) is 2.72. The van der Waals surface area contributed by atoms with Crippen molar-refractivity contribution in [3.05, 3.63) is 42.4 Å². The van der Waals surface area contributed by atoms with E-state index in [1.807, 2.05) is 0 Å². The lowest BCUT2D eigenvalue weighted by Crippen LogP contribution is -2.41. The van der Waals surface area contributed by atoms with Gasteiger partial charge in [-0.3, -0.25) is 9.59 Å². The fourth-order valence-electron chi connectivity index (χ4n) is 3.06. The minimum Gasteiger partial charge on any atom is -0.493 e. The Morgan fingerprint density at radius 3 is 2.46 bits per heavy atom. The molecular weight excluding hydrogens is 336 g/mol. The van der Waals surface area contributed by atoms with Gasteiger partial charge in [0.25, 0.3) is 5.91 Å². The molecule has 0 unspecified atom stereocenters. The van der Waals surface area contributed by atoms with Gasteiger partial charge in [0.2, 0.25) is 5.91 Å². The number of nitrogens with one attached hydrogen (secondary N) is 1. The molecule has 7 heteroatoms. The quantitative estimate of drug-likeness (QED) is 0.889. The Bertz CT molecular complexity index is 764. The Kier molecular flexibility index (Phi) is 5.46. The summed E-state index contributed by atoms with van der Waals surface area (Å²) in [7, 11) is 3.11. The molecule has 1 aromatic heterocycles. The number of furan rings is 1. The van der Waals surface area contributed by atoms with Crippen molar-refractivity contribution in [2.75, 3.05) is 32.6 Å². The first-order valence-corrected chi connectivity index (χ1v) is 8.48. The Labute approximate surface area is 151 Å². The van der Waals surface area contributed by atoms with Crippen LogP contribution in [0, 0.1) is 5.92 Å². The van der Waals surface area contributed by atoms with Gasteiger partial charge < -0.3 is 24.1 Å². The first kappa shape index (κ1) is 17.8. The molecule has 7 nitrogen and oxygen atoms in total. The summed E-state index contributed by atoms with van der Waals surface area (Å²) in [5, 5.41) is 2.91. The number of methoxy groups -OCH3 is 2. The molecule has 0 spiro atoms. The number of piperidine rings is 1. The summed E-state index contributed by atoms with van der Waals surface area (Å²) in [6.45, 7) is 1.06. The Balaban J connectivity index is 1.56. The molecular formula is C19H22N2O5. The molecule has 26 heavy (non-hydrogen) atoms. The lowest BCUT2D eigenvalue weighted by molar-refractivity contribution is -0.121. The molecule has 2 aromatic rings. The van der Waals surface area contributed by atoms with Crippen molar-refractivity contribution in [1.82, 2.24) is 4.90 Å². The van der Waals surface area contributed by atoms with Gasteiger partial charge in [0, 0.05) is 30.8 Å². The molecule has 0 atom stereocenters. The molecule has 2 heterocycles. The van der Waals surface area contributed by atoms with Crippen LogP contribution in [0.4, 0.5) is 5.69 Å². The Morgan fingerprint density at radius 1 is 1.12 bits per heavy atom. The van der Waals surface area contributed by atoms with E-state index in [9.17, 15) is 9.59 Å². The number of hydrogen-bond acceptors (Lipinski definition) is 5. The maximum atomic E-state index is 12.5. The van der Waals surface area contributed by atoms with Gasteiger partial charge in [-0.2, -0.15) is 0 Å². The number of amides is 2. The fraction of sp³-hybridized carbons (Fsp3) is 0.368. The summed E-state index contributed by atoms with van der Waals surface area (Å²) >= 11 is 0. The lowest BCUT2D eigenvalue weighted by Gasteiger charge is -2.30. The maximum absolute atomic E-state index is 12.5. The van der Waals surface area contributed by atoms with Crippen molar-refractivity contribution < 1.29 is 23.5 Å². The van der Waals surface area contributed by atoms with E-state index in [0.717, 1.165) is 0 Å². The molecule has 0 aliphatic carbocycles. The molecule has 138 valence electrons. The molecule has 1 N–H and O–H groups in total. The SMILES string of the molecule is COc1ccc(NC(=O)C2CCN(C(=O)c3ccco3)CC2)cc1OC. The summed E-state index contributed by atoms with van der Waals surface area (Å²) in [6, 6.07) is 8.59. The smallest absolute Gasteiger partial charge is 0.289 e. The van der Waals surface area contributed by atoms with Crippen molar-refractivity contribution >= 4 is 17.5 Å². The fourth-order valence-corrected chi connectivity index (χ4v) is 3.06. The predicted octanol–water partition coefficient (Wildman–Crippen LogP) is 2.79. The highest BCUT2D eigenvalue weighted by Crippen LogP contribution is 2.30. The highest BCUT2D eigenvalue weighted by atomic mass is 16.5. The van der Waals surface area contributed by atoms with Crippen LogP contribution in [0.5, 0.6) is 11.5 Å². The first-order valence-electron chi connectivity index (χ1n) is 8.48. The van der Waals surface area contributed by atoms with E-state index < -0.39 is 0 Å². The van der Waals surface area contributed by atoms with Crippen LogP contribution in [0.1, 0.15) is 23.4 Å². The van der Waals surface area contributed by atoms with Gasteiger partial charge in [-0.25, -0.2) is 0 Å². The molecule has 1 aliphatic rings. The lowest BCUT2D eigenvalue weighted by atomic mass is 9.95. The highest BCUT2D eigenvalue weighted by Gasteiger charge is 2.28. The Morgan fingerprint density at radius 2 is 1.85 bits per heavy atom. The van der Waals surface area contributed by atoms with Crippen molar-refractivity contribution in [3.63, 3.8) is 0 Å². The van der Waals surface area contributed by atoms with Crippen LogP contribution >= 0.6 is 0 Å². The molecule has 1 saturated heterocycles. The zero-order chi connectivity index (χ0) is 18.5. The van der Waals surface area contributed by atoms with Crippen LogP contribution in [-0.2, 0) is 4.79 Å². The third kappa shape index (κ3) is 3.82. The van der Waals surface area contributed by atoms with Crippen LogP contribution in [0.25, 0.3) is 0 Å². The molecule has 3 rings (SSSR count). The minimum absolute atomic E-state index is 0.0534. The number of carbonyl (C=O) groups excluding carboxylic acids is 2. The zero-order valence-electron chi connectivity index (χ0n) is 14.9. The summed E-state index contributed by atoms with van der Waals surface area (Å²) in [5.74, 6) is 1.18. The summed E-state index contributed by atoms with van der Waals surface area (Å²) in [4.78, 5) is 26.5. The second-order valence-corrected chi connectivity index (χ2v) is 6.10. The molecule has 1 fully saturated rings. The maximum Gasteiger partial charge on any atom is 0.289 e. The van der Waals surface area contributed by atoms with E-state index >= 15 is 0 Å². The number of rotatable bonds is 5. The number of nitrogens with zero attached hydrogens (tertiary/aromatic N) is 1. The van der Waals surface area contributed by atoms with Gasteiger partial charge in [-0.05, 0) is 37.1 Å². The number of likely N-dealkylation sites (tertiary alicyclic amines) is 1. The number of benzene rings is 1. The standard InChI is InChI=1S/C19H22N2O5/c1-24-15-6-5-14(12-17(15)25-2)20-18(22)13-7-9-21(10-8-13)19(23)16-4-3-11-26-16/h3-6,11-13H,7-10H2,1-2H3,(H,20,22). The van der Waals surface area contributed by atoms with E-state index in [1.54, 1.807) is 49.5 Å². The minimum atomic E-state index is -0.135. The monoisotopic (exact) mass is 358 g/mol. The number of ether oxygens (including phenoxy) is 2. The molecule has 1 aromatic carbocycles. The Hall–Kier alpha value is -2.96. The topological polar surface area (TPSA) is 81.0 Å². The molecule has 0 radical (unpaired) electrons. The van der Waals surface area contributed by atoms with Gasteiger partial charge >= 0.3 is 0 Å². The van der Waals surface area contributed by atoms with Crippen molar-refractivity contribution in [2.45, 2.75) is 12.8 Å². The van der Waals surface area contributed by atoms with Crippen LogP contribution in [-0.4, -0.2) is 44.0 Å². The van der Waals surface area contributed by atoms with E-state index in [4.69, 9.17) is 13.9 Å². The zero-order valence-corrected chi connectivity index (χ0v) is 14.9. The van der Waals surface area contributed by atoms with Gasteiger partial charge in [0.1, 0.15) is 0 Å². The van der Waals surface area contributed by atoms with E-state index in [0.29, 0.717) is 48.9 Å². The van der Waals surface area contributed by atoms with Crippen molar-refractivity contribution in [3.8, 4) is 11.5 Å². The average molecular weight is 358 g/mol. The second kappa shape index (κ2) is 7.95. The molecule has 1 aliphatic heterocycles. The van der Waals surface area contributed by atoms with Crippen molar-refractivity contribution in [1.29, 1.82) is 0 Å². The normalized spacial score (nSPS) is 14.8. The van der Waals surface area contributed by atoms with E-state index in [1.165, 1.54) is 6.26 Å². The predicted molar refractivity (Wildman–Crippen MR) is 95.5 cm³/mol. The average Bonchev–Trinajstić information content (AvgIpc) is 3.22. The number of anilines is 1. The molecule has 0 saturated carbocycles. The third-order valence-corrected chi connectivity index (χ3v) is 4.54. The van der Waals surface area contributed by atoms with Crippen LogP contribution in [0.15, 0.2) is 41.0 Å². The van der Waals surface area contributed by atoms with E-state index in [2.05, 4.69) is 5.32 Å². The van der Waals surface area contributed by atoms with E-state index in [-0.39, 0.29) is 17.7 Å². The number of hydrogen-bond donors (Lipinski definition) is 1. The molecule has 2 amide bonds. The summed E-state index contributed by atoms with van der Waals surface area (Å²) in [5.41, 5.74) is 0.654. The van der Waals surface area contributed by atoms with Gasteiger partial charge in [-0.15, -0.1) is 0 Å². The van der Waals surface area contributed by atoms with Crippen LogP contribution < -0.4 is 14.8 Å². The summed E-state index contributed by atoms with van der Waals surface area (Å²) < 4.78 is 15.6. The first-order chi connectivity index (χ1) is 12.6. The van der Waals surface area contributed by atoms with Crippen molar-refractivity contribution in [2.24, 2.45) is 5.92 Å². The van der Waals surface area contributed by atoms with Crippen LogP contribution in [0.2, 0.25) is 0 Å². The largest absolute Gasteiger partial charge is 0.493 e. The van der Waals surface area contributed by atoms with Gasteiger partial charge in [-0.1, -0.05) is 0 Å². The van der Waals surface area contributed by atoms with Gasteiger partial charge in [0.05, 0.1) is 20.5 Å². The molecule has 0 bridgehead atoms. The number of carbonyl (C=O) groups is 2.